The number of aromatic nitrogens is 3. The second-order valence-corrected chi connectivity index (χ2v) is 5.56. The monoisotopic (exact) mass is 315 g/mol. The van der Waals surface area contributed by atoms with Crippen LogP contribution in [0.2, 0.25) is 0 Å². The fraction of sp³-hybridized carbons (Fsp3) is 0.438. The molecule has 1 saturated heterocycles. The number of hydrogen-bond donors (Lipinski definition) is 2. The predicted octanol–water partition coefficient (Wildman–Crippen LogP) is 0.569. The van der Waals surface area contributed by atoms with Crippen molar-refractivity contribution in [1.29, 1.82) is 0 Å². The third-order valence-corrected chi connectivity index (χ3v) is 3.97. The van der Waals surface area contributed by atoms with E-state index in [-0.39, 0.29) is 18.1 Å². The maximum atomic E-state index is 12.4. The Morgan fingerprint density at radius 3 is 3.09 bits per heavy atom. The van der Waals surface area contributed by atoms with Crippen LogP contribution in [-0.2, 0) is 16.1 Å². The maximum Gasteiger partial charge on any atom is 0.240 e. The Kier molecular flexibility index (Phi) is 4.68. The van der Waals surface area contributed by atoms with E-state index >= 15 is 0 Å². The molecule has 23 heavy (non-hydrogen) atoms. The van der Waals surface area contributed by atoms with Gasteiger partial charge in [-0.2, -0.15) is 0 Å². The van der Waals surface area contributed by atoms with Crippen molar-refractivity contribution in [2.75, 3.05) is 13.2 Å². The molecule has 0 radical (unpaired) electrons. The number of nitrogens with zero attached hydrogens (tertiary/aromatic N) is 3. The number of rotatable bonds is 4. The number of pyridine rings is 1. The van der Waals surface area contributed by atoms with E-state index in [2.05, 4.69) is 20.6 Å². The highest BCUT2D eigenvalue weighted by atomic mass is 16.5. The first kappa shape index (κ1) is 15.6. The summed E-state index contributed by atoms with van der Waals surface area (Å²) in [7, 11) is 0. The predicted molar refractivity (Wildman–Crippen MR) is 85.1 cm³/mol. The Labute approximate surface area is 135 Å². The Balaban J connectivity index is 1.71. The van der Waals surface area contributed by atoms with Crippen molar-refractivity contribution >= 4 is 5.91 Å². The zero-order valence-electron chi connectivity index (χ0n) is 13.3. The van der Waals surface area contributed by atoms with Gasteiger partial charge >= 0.3 is 0 Å². The summed E-state index contributed by atoms with van der Waals surface area (Å²) in [6.07, 6.45) is 5.20. The maximum absolute atomic E-state index is 12.4. The molecule has 2 atom stereocenters. The van der Waals surface area contributed by atoms with Crippen LogP contribution >= 0.6 is 0 Å². The molecule has 1 aliphatic heterocycles. The third-order valence-electron chi connectivity index (χ3n) is 3.97. The van der Waals surface area contributed by atoms with Crippen LogP contribution in [0.3, 0.4) is 0 Å². The SMILES string of the molecule is Cc1nccn1-c1ncccc1CNC(=O)[C@H]1NCCO[C@@H]1C. The van der Waals surface area contributed by atoms with E-state index in [1.54, 1.807) is 12.4 Å². The van der Waals surface area contributed by atoms with Gasteiger partial charge in [0.15, 0.2) is 0 Å². The normalized spacial score (nSPS) is 21.1. The van der Waals surface area contributed by atoms with Gasteiger partial charge in [0.1, 0.15) is 17.7 Å². The lowest BCUT2D eigenvalue weighted by molar-refractivity contribution is -0.129. The number of imidazole rings is 1. The summed E-state index contributed by atoms with van der Waals surface area (Å²) < 4.78 is 7.42. The molecule has 3 heterocycles. The fourth-order valence-electron chi connectivity index (χ4n) is 2.71. The van der Waals surface area contributed by atoms with Gasteiger partial charge in [-0.25, -0.2) is 9.97 Å². The Hall–Kier alpha value is -2.25. The zero-order chi connectivity index (χ0) is 16.2. The van der Waals surface area contributed by atoms with Crippen LogP contribution in [0.5, 0.6) is 0 Å². The van der Waals surface area contributed by atoms with Crippen molar-refractivity contribution < 1.29 is 9.53 Å². The molecule has 7 heteroatoms. The van der Waals surface area contributed by atoms with Crippen molar-refractivity contribution in [3.05, 3.63) is 42.1 Å². The molecule has 0 aliphatic carbocycles. The number of morpholine rings is 1. The largest absolute Gasteiger partial charge is 0.375 e. The number of hydrogen-bond acceptors (Lipinski definition) is 5. The average molecular weight is 315 g/mol. The lowest BCUT2D eigenvalue weighted by Crippen LogP contribution is -2.55. The zero-order valence-corrected chi connectivity index (χ0v) is 13.3. The highest BCUT2D eigenvalue weighted by Crippen LogP contribution is 2.13. The highest BCUT2D eigenvalue weighted by Gasteiger charge is 2.28. The summed E-state index contributed by atoms with van der Waals surface area (Å²) in [5.41, 5.74) is 0.936. The number of aryl methyl sites for hydroxylation is 1. The van der Waals surface area contributed by atoms with Crippen LogP contribution in [-0.4, -0.2) is 45.7 Å². The fourth-order valence-corrected chi connectivity index (χ4v) is 2.71. The van der Waals surface area contributed by atoms with Gasteiger partial charge in [-0.1, -0.05) is 6.07 Å². The summed E-state index contributed by atoms with van der Waals surface area (Å²) in [4.78, 5) is 21.0. The third kappa shape index (κ3) is 3.40. The van der Waals surface area contributed by atoms with Crippen LogP contribution in [0.15, 0.2) is 30.7 Å². The van der Waals surface area contributed by atoms with Gasteiger partial charge in [-0.3, -0.25) is 9.36 Å². The summed E-state index contributed by atoms with van der Waals surface area (Å²) >= 11 is 0. The molecule has 0 saturated carbocycles. The Morgan fingerprint density at radius 2 is 2.35 bits per heavy atom. The Bertz CT molecular complexity index is 685. The summed E-state index contributed by atoms with van der Waals surface area (Å²) in [6.45, 7) is 5.56. The van der Waals surface area contributed by atoms with Gasteiger partial charge in [0.2, 0.25) is 5.91 Å². The molecule has 122 valence electrons. The van der Waals surface area contributed by atoms with Gasteiger partial charge in [-0.15, -0.1) is 0 Å². The topological polar surface area (TPSA) is 81.1 Å². The molecule has 1 fully saturated rings. The molecule has 7 nitrogen and oxygen atoms in total. The molecule has 2 aromatic heterocycles. The second kappa shape index (κ2) is 6.89. The van der Waals surface area contributed by atoms with Crippen LogP contribution < -0.4 is 10.6 Å². The number of amides is 1. The van der Waals surface area contributed by atoms with Gasteiger partial charge in [-0.05, 0) is 19.9 Å². The first-order valence-electron chi connectivity index (χ1n) is 7.73. The molecule has 0 spiro atoms. The minimum Gasteiger partial charge on any atom is -0.375 e. The van der Waals surface area contributed by atoms with Crippen molar-refractivity contribution in [3.63, 3.8) is 0 Å². The van der Waals surface area contributed by atoms with E-state index in [0.29, 0.717) is 19.7 Å². The molecule has 3 rings (SSSR count). The van der Waals surface area contributed by atoms with Gasteiger partial charge < -0.3 is 15.4 Å². The van der Waals surface area contributed by atoms with E-state index in [9.17, 15) is 4.79 Å². The van der Waals surface area contributed by atoms with Crippen molar-refractivity contribution in [3.8, 4) is 5.82 Å². The number of nitrogens with one attached hydrogen (secondary N) is 2. The molecule has 0 unspecified atom stereocenters. The van der Waals surface area contributed by atoms with E-state index in [0.717, 1.165) is 17.2 Å². The van der Waals surface area contributed by atoms with Crippen molar-refractivity contribution in [1.82, 2.24) is 25.2 Å². The van der Waals surface area contributed by atoms with E-state index in [4.69, 9.17) is 4.74 Å². The standard InChI is InChI=1S/C16H21N5O2/c1-11-14(18-7-9-23-11)16(22)20-10-13-4-3-5-19-15(13)21-8-6-17-12(21)2/h3-6,8,11,14,18H,7,9-10H2,1-2H3,(H,20,22)/t11-,14+/m1/s1. The minimum absolute atomic E-state index is 0.0608. The molecule has 2 aromatic rings. The molecule has 0 bridgehead atoms. The minimum atomic E-state index is -0.321. The van der Waals surface area contributed by atoms with Gasteiger partial charge in [0.05, 0.1) is 12.7 Å². The molecule has 1 aliphatic rings. The lowest BCUT2D eigenvalue weighted by atomic mass is 10.1. The first-order chi connectivity index (χ1) is 11.2. The number of carbonyl (C=O) groups is 1. The first-order valence-corrected chi connectivity index (χ1v) is 7.73. The van der Waals surface area contributed by atoms with E-state index in [1.807, 2.05) is 36.7 Å². The summed E-state index contributed by atoms with van der Waals surface area (Å²) in [5.74, 6) is 1.57. The molecular formula is C16H21N5O2. The van der Waals surface area contributed by atoms with Crippen molar-refractivity contribution in [2.45, 2.75) is 32.5 Å². The summed E-state index contributed by atoms with van der Waals surface area (Å²) in [6, 6.07) is 3.50. The van der Waals surface area contributed by atoms with Crippen LogP contribution in [0.4, 0.5) is 0 Å². The molecule has 0 aromatic carbocycles. The number of carbonyl (C=O) groups excluding carboxylic acids is 1. The van der Waals surface area contributed by atoms with Crippen LogP contribution in [0, 0.1) is 6.92 Å². The van der Waals surface area contributed by atoms with Crippen molar-refractivity contribution in [2.24, 2.45) is 0 Å². The Morgan fingerprint density at radius 1 is 1.48 bits per heavy atom. The van der Waals surface area contributed by atoms with Gasteiger partial charge in [0, 0.05) is 37.2 Å². The second-order valence-electron chi connectivity index (χ2n) is 5.56. The van der Waals surface area contributed by atoms with E-state index < -0.39 is 0 Å². The lowest BCUT2D eigenvalue weighted by Gasteiger charge is -2.29. The number of ether oxygens (including phenoxy) is 1. The highest BCUT2D eigenvalue weighted by molar-refractivity contribution is 5.82. The van der Waals surface area contributed by atoms with Gasteiger partial charge in [0.25, 0.3) is 0 Å². The molecule has 2 N–H and O–H groups in total. The average Bonchev–Trinajstić information content (AvgIpc) is 2.99. The molecule has 1 amide bonds. The van der Waals surface area contributed by atoms with Crippen LogP contribution in [0.25, 0.3) is 5.82 Å². The smallest absolute Gasteiger partial charge is 0.240 e. The van der Waals surface area contributed by atoms with Crippen LogP contribution in [0.1, 0.15) is 18.3 Å². The molecular weight excluding hydrogens is 294 g/mol. The summed E-state index contributed by atoms with van der Waals surface area (Å²) in [5, 5.41) is 6.15. The van der Waals surface area contributed by atoms with E-state index in [1.165, 1.54) is 0 Å². The quantitative estimate of drug-likeness (QED) is 0.862.